The third-order valence-corrected chi connectivity index (χ3v) is 3.84. The Morgan fingerprint density at radius 3 is 2.84 bits per heavy atom. The van der Waals surface area contributed by atoms with Crippen LogP contribution in [0.5, 0.6) is 11.5 Å². The minimum absolute atomic E-state index is 0.102. The Morgan fingerprint density at radius 2 is 2.08 bits per heavy atom. The van der Waals surface area contributed by atoms with E-state index in [1.807, 2.05) is 0 Å². The Hall–Kier alpha value is -2.51. The maximum absolute atomic E-state index is 13.1. The molecule has 2 aromatic rings. The maximum Gasteiger partial charge on any atom is 0.262 e. The minimum Gasteiger partial charge on any atom is -0.484 e. The molecule has 1 heterocycles. The molecule has 6 nitrogen and oxygen atoms in total. The van der Waals surface area contributed by atoms with Gasteiger partial charge in [-0.1, -0.05) is 23.2 Å². The minimum atomic E-state index is -0.577. The molecule has 0 bridgehead atoms. The molecule has 2 amide bonds. The van der Waals surface area contributed by atoms with Crippen LogP contribution in [0.15, 0.2) is 30.3 Å². The summed E-state index contributed by atoms with van der Waals surface area (Å²) < 4.78 is 23.6. The monoisotopic (exact) mass is 384 g/mol. The van der Waals surface area contributed by atoms with Gasteiger partial charge in [-0.3, -0.25) is 9.59 Å². The van der Waals surface area contributed by atoms with E-state index in [2.05, 4.69) is 10.6 Å². The molecular formula is C16H11Cl2FN2O4. The molecule has 0 saturated carbocycles. The van der Waals surface area contributed by atoms with Gasteiger partial charge in [0.15, 0.2) is 13.2 Å². The van der Waals surface area contributed by atoms with Crippen molar-refractivity contribution in [2.45, 2.75) is 0 Å². The van der Waals surface area contributed by atoms with Gasteiger partial charge in [-0.25, -0.2) is 4.39 Å². The summed E-state index contributed by atoms with van der Waals surface area (Å²) >= 11 is 11.7. The number of benzene rings is 2. The highest BCUT2D eigenvalue weighted by atomic mass is 35.5. The van der Waals surface area contributed by atoms with E-state index < -0.39 is 11.7 Å². The van der Waals surface area contributed by atoms with Crippen LogP contribution in [0, 0.1) is 5.82 Å². The first-order chi connectivity index (χ1) is 11.9. The lowest BCUT2D eigenvalue weighted by atomic mass is 10.2. The number of hydrogen-bond donors (Lipinski definition) is 2. The third kappa shape index (κ3) is 4.12. The number of carbonyl (C=O) groups excluding carboxylic acids is 2. The molecule has 9 heteroatoms. The third-order valence-electron chi connectivity index (χ3n) is 3.24. The standard InChI is InChI=1S/C16H11Cl2FN2O4/c17-9-3-8(1-2-11(9)19)24-6-15(22)20-12-5-14-13(4-10(12)18)21-16(23)7-25-14/h1-5H,6-7H2,(H,20,22)(H,21,23). The zero-order chi connectivity index (χ0) is 18.0. The summed E-state index contributed by atoms with van der Waals surface area (Å²) in [5.74, 6) is -0.699. The summed E-state index contributed by atoms with van der Waals surface area (Å²) in [6.45, 7) is -0.441. The second-order valence-electron chi connectivity index (χ2n) is 5.08. The Balaban J connectivity index is 1.64. The lowest BCUT2D eigenvalue weighted by Gasteiger charge is -2.19. The molecule has 25 heavy (non-hydrogen) atoms. The van der Waals surface area contributed by atoms with Crippen LogP contribution in [-0.4, -0.2) is 25.0 Å². The highest BCUT2D eigenvalue weighted by Crippen LogP contribution is 2.36. The van der Waals surface area contributed by atoms with Gasteiger partial charge in [0.25, 0.3) is 11.8 Å². The van der Waals surface area contributed by atoms with Gasteiger partial charge in [-0.05, 0) is 18.2 Å². The van der Waals surface area contributed by atoms with E-state index in [-0.39, 0.29) is 34.9 Å². The van der Waals surface area contributed by atoms with Gasteiger partial charge in [0.05, 0.1) is 21.4 Å². The van der Waals surface area contributed by atoms with E-state index in [0.29, 0.717) is 17.1 Å². The topological polar surface area (TPSA) is 76.7 Å². The molecule has 0 aliphatic carbocycles. The zero-order valence-corrected chi connectivity index (χ0v) is 14.1. The van der Waals surface area contributed by atoms with Crippen LogP contribution >= 0.6 is 23.2 Å². The van der Waals surface area contributed by atoms with Crippen LogP contribution in [0.4, 0.5) is 15.8 Å². The molecule has 0 unspecified atom stereocenters. The molecule has 1 aliphatic heterocycles. The summed E-state index contributed by atoms with van der Waals surface area (Å²) in [6, 6.07) is 6.75. The van der Waals surface area contributed by atoms with E-state index in [1.165, 1.54) is 24.3 Å². The summed E-state index contributed by atoms with van der Waals surface area (Å²) in [7, 11) is 0. The number of carbonyl (C=O) groups is 2. The lowest BCUT2D eigenvalue weighted by molar-refractivity contribution is -0.119. The van der Waals surface area contributed by atoms with Gasteiger partial charge >= 0.3 is 0 Å². The molecule has 2 N–H and O–H groups in total. The Labute approximate surface area is 151 Å². The number of hydrogen-bond acceptors (Lipinski definition) is 4. The first kappa shape index (κ1) is 17.3. The van der Waals surface area contributed by atoms with Gasteiger partial charge in [-0.15, -0.1) is 0 Å². The quantitative estimate of drug-likeness (QED) is 0.845. The van der Waals surface area contributed by atoms with Crippen molar-refractivity contribution >= 4 is 46.4 Å². The molecule has 130 valence electrons. The summed E-state index contributed by atoms with van der Waals surface area (Å²) in [5.41, 5.74) is 0.735. The maximum atomic E-state index is 13.1. The van der Waals surface area contributed by atoms with Gasteiger partial charge < -0.3 is 20.1 Å². The van der Waals surface area contributed by atoms with Crippen LogP contribution in [0.2, 0.25) is 10.0 Å². The zero-order valence-electron chi connectivity index (χ0n) is 12.6. The SMILES string of the molecule is O=C(COc1ccc(F)c(Cl)c1)Nc1cc2c(cc1Cl)NC(=O)CO2. The van der Waals surface area contributed by atoms with Gasteiger partial charge in [0, 0.05) is 12.1 Å². The number of amides is 2. The van der Waals surface area contributed by atoms with E-state index >= 15 is 0 Å². The normalized spacial score (nSPS) is 12.7. The molecule has 3 rings (SSSR count). The van der Waals surface area contributed by atoms with Gasteiger partial charge in [0.2, 0.25) is 0 Å². The Bertz CT molecular complexity index is 860. The highest BCUT2D eigenvalue weighted by Gasteiger charge is 2.19. The summed E-state index contributed by atoms with van der Waals surface area (Å²) in [4.78, 5) is 23.3. The second kappa shape index (κ2) is 7.16. The predicted octanol–water partition coefficient (Wildman–Crippen LogP) is 3.48. The second-order valence-corrected chi connectivity index (χ2v) is 5.89. The predicted molar refractivity (Wildman–Crippen MR) is 91.1 cm³/mol. The van der Waals surface area contributed by atoms with Crippen LogP contribution in [0.1, 0.15) is 0 Å². The van der Waals surface area contributed by atoms with Crippen molar-refractivity contribution in [2.24, 2.45) is 0 Å². The molecule has 0 radical (unpaired) electrons. The van der Waals surface area contributed by atoms with Gasteiger partial charge in [0.1, 0.15) is 17.3 Å². The Kier molecular flexibility index (Phi) is 4.96. The molecule has 1 aliphatic rings. The molecule has 0 fully saturated rings. The van der Waals surface area contributed by atoms with Crippen molar-refractivity contribution in [3.05, 3.63) is 46.2 Å². The average Bonchev–Trinajstić information content (AvgIpc) is 2.57. The van der Waals surface area contributed by atoms with Crippen LogP contribution < -0.4 is 20.1 Å². The number of halogens is 3. The van der Waals surface area contributed by atoms with Crippen molar-refractivity contribution in [2.75, 3.05) is 23.8 Å². The van der Waals surface area contributed by atoms with Crippen LogP contribution in [0.25, 0.3) is 0 Å². The smallest absolute Gasteiger partial charge is 0.262 e. The van der Waals surface area contributed by atoms with Crippen molar-refractivity contribution in [3.8, 4) is 11.5 Å². The fourth-order valence-electron chi connectivity index (χ4n) is 2.10. The van der Waals surface area contributed by atoms with Crippen LogP contribution in [-0.2, 0) is 9.59 Å². The van der Waals surface area contributed by atoms with E-state index in [4.69, 9.17) is 32.7 Å². The van der Waals surface area contributed by atoms with Crippen LogP contribution in [0.3, 0.4) is 0 Å². The average molecular weight is 385 g/mol. The van der Waals surface area contributed by atoms with Crippen molar-refractivity contribution in [1.29, 1.82) is 0 Å². The van der Waals surface area contributed by atoms with E-state index in [0.717, 1.165) is 6.07 Å². The molecule has 0 atom stereocenters. The number of anilines is 2. The molecular weight excluding hydrogens is 374 g/mol. The summed E-state index contributed by atoms with van der Waals surface area (Å²) in [6.07, 6.45) is 0. The lowest BCUT2D eigenvalue weighted by Crippen LogP contribution is -2.26. The molecule has 2 aromatic carbocycles. The highest BCUT2D eigenvalue weighted by molar-refractivity contribution is 6.34. The van der Waals surface area contributed by atoms with E-state index in [9.17, 15) is 14.0 Å². The summed E-state index contributed by atoms with van der Waals surface area (Å²) in [5, 5.41) is 5.30. The number of ether oxygens (including phenoxy) is 2. The number of fused-ring (bicyclic) bond motifs is 1. The largest absolute Gasteiger partial charge is 0.484 e. The molecule has 0 aromatic heterocycles. The van der Waals surface area contributed by atoms with Crippen molar-refractivity contribution in [3.63, 3.8) is 0 Å². The molecule has 0 spiro atoms. The van der Waals surface area contributed by atoms with Crippen molar-refractivity contribution in [1.82, 2.24) is 0 Å². The van der Waals surface area contributed by atoms with Crippen molar-refractivity contribution < 1.29 is 23.5 Å². The fourth-order valence-corrected chi connectivity index (χ4v) is 2.48. The number of nitrogens with one attached hydrogen (secondary N) is 2. The van der Waals surface area contributed by atoms with E-state index in [1.54, 1.807) is 0 Å². The van der Waals surface area contributed by atoms with Gasteiger partial charge in [-0.2, -0.15) is 0 Å². The first-order valence-corrected chi connectivity index (χ1v) is 7.82. The Morgan fingerprint density at radius 1 is 1.28 bits per heavy atom. The fraction of sp³-hybridized carbons (Fsp3) is 0.125. The number of rotatable bonds is 4. The first-order valence-electron chi connectivity index (χ1n) is 7.06. The molecule has 0 saturated heterocycles.